The first-order valence-electron chi connectivity index (χ1n) is 5.61. The van der Waals surface area contributed by atoms with Gasteiger partial charge < -0.3 is 16.2 Å². The van der Waals surface area contributed by atoms with Gasteiger partial charge in [0.2, 0.25) is 5.91 Å². The van der Waals surface area contributed by atoms with Crippen molar-refractivity contribution < 1.29 is 9.90 Å². The number of halogens is 2. The number of anilines is 1. The second-order valence-electron chi connectivity index (χ2n) is 4.42. The Morgan fingerprint density at radius 2 is 2.17 bits per heavy atom. The van der Waals surface area contributed by atoms with Crippen molar-refractivity contribution in [3.05, 3.63) is 22.7 Å². The van der Waals surface area contributed by atoms with Crippen LogP contribution >= 0.6 is 28.3 Å². The number of carbonyl (C=O) groups is 1. The molecule has 2 rings (SSSR count). The lowest BCUT2D eigenvalue weighted by Gasteiger charge is -2.12. The Balaban J connectivity index is 0.00000162. The third-order valence-electron chi connectivity index (χ3n) is 3.06. The molecule has 2 unspecified atom stereocenters. The second-order valence-corrected chi connectivity index (χ2v) is 5.34. The first-order chi connectivity index (χ1) is 8.06. The molecule has 0 spiro atoms. The molecule has 1 aliphatic carbocycles. The van der Waals surface area contributed by atoms with Gasteiger partial charge in [-0.2, -0.15) is 0 Å². The Bertz CT molecular complexity index is 442. The Hall–Kier alpha value is -0.780. The summed E-state index contributed by atoms with van der Waals surface area (Å²) < 4.78 is 0.814. The highest BCUT2D eigenvalue weighted by atomic mass is 79.9. The van der Waals surface area contributed by atoms with E-state index < -0.39 is 0 Å². The number of phenolic OH excluding ortho intramolecular Hbond substituents is 1. The number of nitrogens with two attached hydrogens (primary N) is 1. The van der Waals surface area contributed by atoms with E-state index in [4.69, 9.17) is 5.73 Å². The van der Waals surface area contributed by atoms with E-state index in [2.05, 4.69) is 21.2 Å². The number of nitrogens with one attached hydrogen (secondary N) is 1. The van der Waals surface area contributed by atoms with Crippen LogP contribution in [0.1, 0.15) is 19.3 Å². The fourth-order valence-electron chi connectivity index (χ4n) is 2.10. The Kier molecular flexibility index (Phi) is 5.44. The molecule has 1 aliphatic rings. The van der Waals surface area contributed by atoms with Gasteiger partial charge in [-0.05, 0) is 37.5 Å². The maximum Gasteiger partial charge on any atom is 0.227 e. The molecule has 2 atom stereocenters. The van der Waals surface area contributed by atoms with E-state index in [-0.39, 0.29) is 36.0 Å². The van der Waals surface area contributed by atoms with E-state index in [0.717, 1.165) is 23.7 Å². The number of hydrogen-bond acceptors (Lipinski definition) is 3. The Morgan fingerprint density at radius 1 is 1.44 bits per heavy atom. The minimum atomic E-state index is -0.0636. The standard InChI is InChI=1S/C12H15BrN2O2.ClH/c13-8-2-4-11(16)10(6-8)15-12(17)7-1-3-9(14)5-7;/h2,4,6-7,9,16H,1,3,5,14H2,(H,15,17);1H. The van der Waals surface area contributed by atoms with Crippen molar-refractivity contribution in [1.29, 1.82) is 0 Å². The third kappa shape index (κ3) is 3.60. The number of aromatic hydroxyl groups is 1. The molecule has 0 saturated heterocycles. The van der Waals surface area contributed by atoms with Gasteiger partial charge in [-0.1, -0.05) is 15.9 Å². The minimum absolute atomic E-state index is 0. The Labute approximate surface area is 120 Å². The molecule has 6 heteroatoms. The SMILES string of the molecule is Cl.NC1CCC(C(=O)Nc2cc(Br)ccc2O)C1. The molecule has 18 heavy (non-hydrogen) atoms. The highest BCUT2D eigenvalue weighted by molar-refractivity contribution is 9.10. The summed E-state index contributed by atoms with van der Waals surface area (Å²) in [6.07, 6.45) is 2.44. The number of amides is 1. The lowest BCUT2D eigenvalue weighted by molar-refractivity contribution is -0.119. The van der Waals surface area contributed by atoms with E-state index in [1.165, 1.54) is 0 Å². The summed E-state index contributed by atoms with van der Waals surface area (Å²) in [6.45, 7) is 0. The van der Waals surface area contributed by atoms with Crippen LogP contribution in [-0.2, 0) is 4.79 Å². The van der Waals surface area contributed by atoms with Gasteiger partial charge in [0, 0.05) is 16.4 Å². The summed E-state index contributed by atoms with van der Waals surface area (Å²) in [5.74, 6) is -0.0291. The van der Waals surface area contributed by atoms with Crippen LogP contribution in [0.5, 0.6) is 5.75 Å². The van der Waals surface area contributed by atoms with E-state index in [1.54, 1.807) is 18.2 Å². The molecule has 100 valence electrons. The maximum absolute atomic E-state index is 11.9. The van der Waals surface area contributed by atoms with Crippen LogP contribution in [0.15, 0.2) is 22.7 Å². The maximum atomic E-state index is 11.9. The van der Waals surface area contributed by atoms with E-state index in [0.29, 0.717) is 5.69 Å². The van der Waals surface area contributed by atoms with Crippen LogP contribution in [0.25, 0.3) is 0 Å². The average molecular weight is 336 g/mol. The van der Waals surface area contributed by atoms with E-state index in [1.807, 2.05) is 0 Å². The molecular formula is C12H16BrClN2O2. The summed E-state index contributed by atoms with van der Waals surface area (Å²) in [5, 5.41) is 12.4. The minimum Gasteiger partial charge on any atom is -0.506 e. The summed E-state index contributed by atoms with van der Waals surface area (Å²) in [4.78, 5) is 11.9. The fourth-order valence-corrected chi connectivity index (χ4v) is 2.46. The van der Waals surface area contributed by atoms with Crippen LogP contribution < -0.4 is 11.1 Å². The second kappa shape index (κ2) is 6.41. The molecular weight excluding hydrogens is 320 g/mol. The van der Waals surface area contributed by atoms with Crippen LogP contribution in [0.4, 0.5) is 5.69 Å². The number of rotatable bonds is 2. The molecule has 1 fully saturated rings. The summed E-state index contributed by atoms with van der Waals surface area (Å²) >= 11 is 3.30. The molecule has 4 N–H and O–H groups in total. The Morgan fingerprint density at radius 3 is 2.78 bits per heavy atom. The highest BCUT2D eigenvalue weighted by Gasteiger charge is 2.28. The van der Waals surface area contributed by atoms with Crippen molar-refractivity contribution in [1.82, 2.24) is 0 Å². The van der Waals surface area contributed by atoms with Crippen molar-refractivity contribution in [2.24, 2.45) is 11.7 Å². The number of carbonyl (C=O) groups excluding carboxylic acids is 1. The lowest BCUT2D eigenvalue weighted by Crippen LogP contribution is -2.23. The summed E-state index contributed by atoms with van der Waals surface area (Å²) in [7, 11) is 0. The molecule has 0 heterocycles. The van der Waals surface area contributed by atoms with Gasteiger partial charge in [-0.25, -0.2) is 0 Å². The van der Waals surface area contributed by atoms with Crippen LogP contribution in [-0.4, -0.2) is 17.1 Å². The lowest BCUT2D eigenvalue weighted by atomic mass is 10.1. The quantitative estimate of drug-likeness (QED) is 0.727. The van der Waals surface area contributed by atoms with Crippen molar-refractivity contribution in [2.45, 2.75) is 25.3 Å². The topological polar surface area (TPSA) is 75.4 Å². The van der Waals surface area contributed by atoms with Crippen molar-refractivity contribution in [2.75, 3.05) is 5.32 Å². The summed E-state index contributed by atoms with van der Waals surface area (Å²) in [5.41, 5.74) is 6.21. The summed E-state index contributed by atoms with van der Waals surface area (Å²) in [6, 6.07) is 5.07. The predicted molar refractivity (Wildman–Crippen MR) is 77.0 cm³/mol. The van der Waals surface area contributed by atoms with Gasteiger partial charge in [0.05, 0.1) is 5.69 Å². The van der Waals surface area contributed by atoms with Gasteiger partial charge >= 0.3 is 0 Å². The molecule has 1 aromatic carbocycles. The number of phenols is 1. The predicted octanol–water partition coefficient (Wildman–Crippen LogP) is 2.64. The molecule has 1 aromatic rings. The molecule has 1 saturated carbocycles. The fraction of sp³-hybridized carbons (Fsp3) is 0.417. The smallest absolute Gasteiger partial charge is 0.227 e. The van der Waals surface area contributed by atoms with Crippen molar-refractivity contribution >= 4 is 39.9 Å². The molecule has 0 aliphatic heterocycles. The van der Waals surface area contributed by atoms with Crippen molar-refractivity contribution in [3.8, 4) is 5.75 Å². The van der Waals surface area contributed by atoms with Crippen LogP contribution in [0, 0.1) is 5.92 Å². The highest BCUT2D eigenvalue weighted by Crippen LogP contribution is 2.30. The molecule has 0 aromatic heterocycles. The zero-order valence-electron chi connectivity index (χ0n) is 9.73. The first-order valence-corrected chi connectivity index (χ1v) is 6.40. The van der Waals surface area contributed by atoms with Gasteiger partial charge in [0.25, 0.3) is 0 Å². The zero-order valence-corrected chi connectivity index (χ0v) is 12.1. The normalized spacial score (nSPS) is 22.3. The molecule has 4 nitrogen and oxygen atoms in total. The number of benzene rings is 1. The molecule has 0 bridgehead atoms. The number of hydrogen-bond donors (Lipinski definition) is 3. The van der Waals surface area contributed by atoms with E-state index >= 15 is 0 Å². The average Bonchev–Trinajstić information content (AvgIpc) is 2.70. The van der Waals surface area contributed by atoms with Crippen molar-refractivity contribution in [3.63, 3.8) is 0 Å². The first kappa shape index (κ1) is 15.3. The largest absolute Gasteiger partial charge is 0.506 e. The zero-order chi connectivity index (χ0) is 12.4. The third-order valence-corrected chi connectivity index (χ3v) is 3.55. The van der Waals surface area contributed by atoms with Crippen LogP contribution in [0.2, 0.25) is 0 Å². The molecule has 0 radical (unpaired) electrons. The van der Waals surface area contributed by atoms with Gasteiger partial charge in [-0.3, -0.25) is 4.79 Å². The molecule has 1 amide bonds. The van der Waals surface area contributed by atoms with Crippen LogP contribution in [0.3, 0.4) is 0 Å². The van der Waals surface area contributed by atoms with Gasteiger partial charge in [-0.15, -0.1) is 12.4 Å². The van der Waals surface area contributed by atoms with E-state index in [9.17, 15) is 9.90 Å². The monoisotopic (exact) mass is 334 g/mol. The van der Waals surface area contributed by atoms with Gasteiger partial charge in [0.15, 0.2) is 0 Å². The van der Waals surface area contributed by atoms with Gasteiger partial charge in [0.1, 0.15) is 5.75 Å².